The van der Waals surface area contributed by atoms with Gasteiger partial charge in [0, 0.05) is 19.7 Å². The number of allylic oxidation sites excluding steroid dienone is 1. The number of hydrogen-bond donors (Lipinski definition) is 1. The molecule has 0 spiro atoms. The van der Waals surface area contributed by atoms with E-state index >= 15 is 0 Å². The van der Waals surface area contributed by atoms with Gasteiger partial charge in [-0.25, -0.2) is 4.68 Å². The van der Waals surface area contributed by atoms with Gasteiger partial charge >= 0.3 is 0 Å². The molecule has 0 saturated heterocycles. The molecule has 1 amide bonds. The molecule has 2 rings (SSSR count). The molecule has 120 valence electrons. The number of ether oxygens (including phenoxy) is 1. The molecule has 1 N–H and O–H groups in total. The van der Waals surface area contributed by atoms with Crippen molar-refractivity contribution in [2.45, 2.75) is 38.6 Å². The summed E-state index contributed by atoms with van der Waals surface area (Å²) in [7, 11) is 1.56. The highest BCUT2D eigenvalue weighted by Gasteiger charge is 2.10. The summed E-state index contributed by atoms with van der Waals surface area (Å²) in [6, 6.07) is 2.82. The molecule has 0 atom stereocenters. The Hall–Kier alpha value is -1.95. The minimum Gasteiger partial charge on any atom is -0.383 e. The van der Waals surface area contributed by atoms with Crippen LogP contribution >= 0.6 is 0 Å². The lowest BCUT2D eigenvalue weighted by atomic mass is 9.97. The van der Waals surface area contributed by atoms with Gasteiger partial charge in [-0.1, -0.05) is 11.6 Å². The maximum atomic E-state index is 12.1. The second-order valence-corrected chi connectivity index (χ2v) is 5.39. The van der Waals surface area contributed by atoms with E-state index in [2.05, 4.69) is 16.5 Å². The largest absolute Gasteiger partial charge is 0.383 e. The number of aromatic nitrogens is 2. The molecule has 22 heavy (non-hydrogen) atoms. The van der Waals surface area contributed by atoms with Crippen LogP contribution in [0, 0.1) is 0 Å². The van der Waals surface area contributed by atoms with E-state index in [-0.39, 0.29) is 17.2 Å². The van der Waals surface area contributed by atoms with E-state index < -0.39 is 0 Å². The van der Waals surface area contributed by atoms with E-state index in [4.69, 9.17) is 4.74 Å². The summed E-state index contributed by atoms with van der Waals surface area (Å²) in [6.07, 6.45) is 7.95. The van der Waals surface area contributed by atoms with E-state index in [1.54, 1.807) is 7.11 Å². The monoisotopic (exact) mass is 305 g/mol. The highest BCUT2D eigenvalue weighted by Crippen LogP contribution is 2.19. The van der Waals surface area contributed by atoms with Gasteiger partial charge in [-0.2, -0.15) is 5.10 Å². The maximum Gasteiger partial charge on any atom is 0.271 e. The lowest BCUT2D eigenvalue weighted by Gasteiger charge is -2.13. The van der Waals surface area contributed by atoms with Crippen molar-refractivity contribution >= 4 is 5.91 Å². The lowest BCUT2D eigenvalue weighted by Crippen LogP contribution is -2.31. The van der Waals surface area contributed by atoms with Crippen LogP contribution < -0.4 is 10.9 Å². The molecule has 0 unspecified atom stereocenters. The number of carbonyl (C=O) groups is 1. The number of rotatable bonds is 7. The molecule has 1 aromatic rings. The van der Waals surface area contributed by atoms with E-state index in [1.807, 2.05) is 0 Å². The van der Waals surface area contributed by atoms with Crippen molar-refractivity contribution in [3.63, 3.8) is 0 Å². The Morgan fingerprint density at radius 3 is 3.00 bits per heavy atom. The zero-order valence-corrected chi connectivity index (χ0v) is 13.0. The number of methoxy groups -OCH3 is 1. The van der Waals surface area contributed by atoms with Gasteiger partial charge in [-0.15, -0.1) is 0 Å². The highest BCUT2D eigenvalue weighted by atomic mass is 16.5. The molecule has 0 bridgehead atoms. The first-order valence-corrected chi connectivity index (χ1v) is 7.74. The molecule has 1 aromatic heterocycles. The molecule has 0 aromatic carbocycles. The van der Waals surface area contributed by atoms with Gasteiger partial charge in [0.1, 0.15) is 5.69 Å². The van der Waals surface area contributed by atoms with Crippen LogP contribution in [0.3, 0.4) is 0 Å². The van der Waals surface area contributed by atoms with E-state index in [0.29, 0.717) is 19.7 Å². The molecular weight excluding hydrogens is 282 g/mol. The Kier molecular flexibility index (Phi) is 6.33. The molecule has 1 aliphatic rings. The third-order valence-electron chi connectivity index (χ3n) is 3.72. The van der Waals surface area contributed by atoms with Crippen LogP contribution in [0.2, 0.25) is 0 Å². The third kappa shape index (κ3) is 4.80. The van der Waals surface area contributed by atoms with Crippen LogP contribution in [-0.4, -0.2) is 35.9 Å². The number of nitrogens with zero attached hydrogens (tertiary/aromatic N) is 2. The maximum absolute atomic E-state index is 12.1. The van der Waals surface area contributed by atoms with E-state index in [9.17, 15) is 9.59 Å². The van der Waals surface area contributed by atoms with Gasteiger partial charge in [-0.05, 0) is 38.2 Å². The predicted molar refractivity (Wildman–Crippen MR) is 83.9 cm³/mol. The number of amides is 1. The van der Waals surface area contributed by atoms with Crippen molar-refractivity contribution in [1.29, 1.82) is 0 Å². The fraction of sp³-hybridized carbons (Fsp3) is 0.562. The molecule has 6 nitrogen and oxygen atoms in total. The van der Waals surface area contributed by atoms with Crippen molar-refractivity contribution in [1.82, 2.24) is 15.1 Å². The van der Waals surface area contributed by atoms with Gasteiger partial charge in [0.25, 0.3) is 11.5 Å². The van der Waals surface area contributed by atoms with Gasteiger partial charge < -0.3 is 10.1 Å². The fourth-order valence-corrected chi connectivity index (χ4v) is 2.47. The molecule has 0 fully saturated rings. The first-order valence-electron chi connectivity index (χ1n) is 7.74. The van der Waals surface area contributed by atoms with E-state index in [1.165, 1.54) is 35.2 Å². The summed E-state index contributed by atoms with van der Waals surface area (Å²) in [4.78, 5) is 23.7. The zero-order chi connectivity index (χ0) is 15.8. The molecule has 1 aliphatic carbocycles. The molecular formula is C16H23N3O3. The van der Waals surface area contributed by atoms with Gasteiger partial charge in [0.15, 0.2) is 0 Å². The topological polar surface area (TPSA) is 73.2 Å². The quantitative estimate of drug-likeness (QED) is 0.775. The first kappa shape index (κ1) is 16.4. The summed E-state index contributed by atoms with van der Waals surface area (Å²) >= 11 is 0. The summed E-state index contributed by atoms with van der Waals surface area (Å²) in [5.74, 6) is -0.248. The van der Waals surface area contributed by atoms with Crippen LogP contribution in [0.1, 0.15) is 42.6 Å². The fourth-order valence-electron chi connectivity index (χ4n) is 2.47. The average molecular weight is 305 g/mol. The predicted octanol–water partition coefficient (Wildman–Crippen LogP) is 1.51. The SMILES string of the molecule is COCCn1nc(C(=O)NCCC2=CCCCC2)ccc1=O. The van der Waals surface area contributed by atoms with Crippen LogP contribution in [0.25, 0.3) is 0 Å². The number of carbonyl (C=O) groups excluding carboxylic acids is 1. The number of nitrogens with one attached hydrogen (secondary N) is 1. The molecule has 0 saturated carbocycles. The van der Waals surface area contributed by atoms with E-state index in [0.717, 1.165) is 19.3 Å². The Morgan fingerprint density at radius 1 is 1.41 bits per heavy atom. The molecule has 1 heterocycles. The van der Waals surface area contributed by atoms with Crippen LogP contribution in [0.15, 0.2) is 28.6 Å². The zero-order valence-electron chi connectivity index (χ0n) is 13.0. The summed E-state index contributed by atoms with van der Waals surface area (Å²) in [6.45, 7) is 1.32. The first-order chi connectivity index (χ1) is 10.7. The Labute approximate surface area is 130 Å². The van der Waals surface area contributed by atoms with Crippen LogP contribution in [-0.2, 0) is 11.3 Å². The Balaban J connectivity index is 1.88. The second kappa shape index (κ2) is 8.48. The van der Waals surface area contributed by atoms with Crippen molar-refractivity contribution < 1.29 is 9.53 Å². The minimum absolute atomic E-state index is 0.235. The normalized spacial score (nSPS) is 14.5. The van der Waals surface area contributed by atoms with Gasteiger partial charge in [0.2, 0.25) is 0 Å². The smallest absolute Gasteiger partial charge is 0.271 e. The minimum atomic E-state index is -0.248. The Morgan fingerprint density at radius 2 is 2.27 bits per heavy atom. The van der Waals surface area contributed by atoms with Crippen molar-refractivity contribution in [3.8, 4) is 0 Å². The standard InChI is InChI=1S/C16H23N3O3/c1-22-12-11-19-15(20)8-7-14(18-19)16(21)17-10-9-13-5-3-2-4-6-13/h5,7-8H,2-4,6,9-12H2,1H3,(H,17,21). The van der Waals surface area contributed by atoms with Crippen LogP contribution in [0.4, 0.5) is 0 Å². The van der Waals surface area contributed by atoms with Crippen molar-refractivity contribution in [3.05, 3.63) is 39.8 Å². The van der Waals surface area contributed by atoms with Crippen LogP contribution in [0.5, 0.6) is 0 Å². The number of hydrogen-bond acceptors (Lipinski definition) is 4. The molecule has 0 aliphatic heterocycles. The Bertz CT molecular complexity index is 593. The van der Waals surface area contributed by atoms with Crippen molar-refractivity contribution in [2.24, 2.45) is 0 Å². The summed E-state index contributed by atoms with van der Waals surface area (Å²) in [5.41, 5.74) is 1.44. The van der Waals surface area contributed by atoms with Gasteiger partial charge in [-0.3, -0.25) is 9.59 Å². The lowest BCUT2D eigenvalue weighted by molar-refractivity contribution is 0.0945. The third-order valence-corrected chi connectivity index (χ3v) is 3.72. The molecule has 0 radical (unpaired) electrons. The summed E-state index contributed by atoms with van der Waals surface area (Å²) in [5, 5.41) is 6.93. The highest BCUT2D eigenvalue weighted by molar-refractivity contribution is 5.91. The second-order valence-electron chi connectivity index (χ2n) is 5.39. The van der Waals surface area contributed by atoms with Gasteiger partial charge in [0.05, 0.1) is 13.2 Å². The summed E-state index contributed by atoms with van der Waals surface area (Å²) < 4.78 is 6.18. The molecule has 6 heteroatoms. The average Bonchev–Trinajstić information content (AvgIpc) is 2.55. The van der Waals surface area contributed by atoms with Crippen molar-refractivity contribution in [2.75, 3.05) is 20.3 Å².